The molecule has 59 heavy (non-hydrogen) atoms. The number of piperidine rings is 1. The maximum absolute atomic E-state index is 13.9. The van der Waals surface area contributed by atoms with Crippen LogP contribution in [0.3, 0.4) is 0 Å². The molecule has 0 atom stereocenters. The first-order valence-electron chi connectivity index (χ1n) is 20.2. The zero-order chi connectivity index (χ0) is 42.2. The molecule has 0 aliphatic carbocycles. The Balaban J connectivity index is 1.11. The zero-order valence-electron chi connectivity index (χ0n) is 34.3. The zero-order valence-corrected chi connectivity index (χ0v) is 34.3. The van der Waals surface area contributed by atoms with Gasteiger partial charge in [-0.3, -0.25) is 19.5 Å². The molecule has 2 saturated heterocycles. The number of halogens is 3. The van der Waals surface area contributed by atoms with Crippen LogP contribution in [0, 0.1) is 0 Å². The van der Waals surface area contributed by atoms with Crippen molar-refractivity contribution in [1.29, 1.82) is 0 Å². The molecule has 2 aliphatic heterocycles. The van der Waals surface area contributed by atoms with E-state index in [9.17, 15) is 27.6 Å². The third-order valence-electron chi connectivity index (χ3n) is 10.4. The highest BCUT2D eigenvalue weighted by Crippen LogP contribution is 2.34. The molecular weight excluding hydrogens is 760 g/mol. The molecule has 4 aromatic rings. The normalized spacial score (nSPS) is 15.3. The molecule has 3 heterocycles. The summed E-state index contributed by atoms with van der Waals surface area (Å²) in [5.74, 6) is -0.759. The lowest BCUT2D eigenvalue weighted by molar-refractivity contribution is -0.137. The van der Waals surface area contributed by atoms with Gasteiger partial charge in [0.1, 0.15) is 5.60 Å². The van der Waals surface area contributed by atoms with Crippen LogP contribution in [-0.2, 0) is 24.0 Å². The highest BCUT2D eigenvalue weighted by molar-refractivity contribution is 6.06. The minimum Gasteiger partial charge on any atom is -0.444 e. The first kappa shape index (κ1) is 43.1. The molecule has 2 fully saturated rings. The van der Waals surface area contributed by atoms with Crippen LogP contribution in [-0.4, -0.2) is 103 Å². The van der Waals surface area contributed by atoms with E-state index in [1.54, 1.807) is 23.1 Å². The summed E-state index contributed by atoms with van der Waals surface area (Å²) in [6.45, 7) is 12.4. The van der Waals surface area contributed by atoms with Gasteiger partial charge in [-0.25, -0.2) is 4.79 Å². The Morgan fingerprint density at radius 3 is 2.24 bits per heavy atom. The number of anilines is 2. The molecule has 0 bridgehead atoms. The molecule has 314 valence electrons. The van der Waals surface area contributed by atoms with Crippen molar-refractivity contribution in [2.75, 3.05) is 69.6 Å². The molecular formula is C45H54F3N7O4. The summed E-state index contributed by atoms with van der Waals surface area (Å²) in [4.78, 5) is 52.8. The number of nitrogens with one attached hydrogen (secondary N) is 2. The first-order chi connectivity index (χ1) is 28.1. The van der Waals surface area contributed by atoms with Crippen LogP contribution >= 0.6 is 0 Å². The number of amides is 3. The minimum atomic E-state index is -4.49. The third-order valence-corrected chi connectivity index (χ3v) is 10.4. The molecule has 0 saturated carbocycles. The fourth-order valence-corrected chi connectivity index (χ4v) is 7.25. The number of aromatic nitrogens is 1. The number of hydrogen-bond donors (Lipinski definition) is 2. The maximum Gasteiger partial charge on any atom is 0.416 e. The monoisotopic (exact) mass is 813 g/mol. The number of alkyl halides is 3. The summed E-state index contributed by atoms with van der Waals surface area (Å²) in [5, 5.41) is 5.82. The van der Waals surface area contributed by atoms with Crippen LogP contribution in [0.2, 0.25) is 0 Å². The van der Waals surface area contributed by atoms with Crippen molar-refractivity contribution in [3.63, 3.8) is 0 Å². The van der Waals surface area contributed by atoms with Gasteiger partial charge in [-0.1, -0.05) is 24.3 Å². The average Bonchev–Trinajstić information content (AvgIpc) is 3.22. The van der Waals surface area contributed by atoms with Crippen molar-refractivity contribution in [3.8, 4) is 11.3 Å². The van der Waals surface area contributed by atoms with Gasteiger partial charge in [-0.05, 0) is 113 Å². The highest BCUT2D eigenvalue weighted by atomic mass is 19.4. The number of hydrogen-bond acceptors (Lipinski definition) is 8. The van der Waals surface area contributed by atoms with Crippen molar-refractivity contribution in [3.05, 3.63) is 113 Å². The van der Waals surface area contributed by atoms with Crippen LogP contribution in [0.1, 0.15) is 77.4 Å². The molecule has 3 amide bonds. The highest BCUT2D eigenvalue weighted by Gasteiger charge is 2.30. The first-order valence-corrected chi connectivity index (χ1v) is 20.2. The molecule has 2 N–H and O–H groups in total. The number of carbonyl (C=O) groups is 3. The summed E-state index contributed by atoms with van der Waals surface area (Å²) < 4.78 is 45.3. The Kier molecular flexibility index (Phi) is 13.9. The van der Waals surface area contributed by atoms with Crippen LogP contribution in [0.5, 0.6) is 0 Å². The van der Waals surface area contributed by atoms with Gasteiger partial charge in [0.05, 0.1) is 16.9 Å². The summed E-state index contributed by atoms with van der Waals surface area (Å²) in [7, 11) is 2.05. The Labute approximate surface area is 344 Å². The Morgan fingerprint density at radius 2 is 1.51 bits per heavy atom. The van der Waals surface area contributed by atoms with Crippen LogP contribution < -0.4 is 15.5 Å². The van der Waals surface area contributed by atoms with E-state index in [1.165, 1.54) is 24.8 Å². The second-order valence-electron chi connectivity index (χ2n) is 16.3. The van der Waals surface area contributed by atoms with Crippen LogP contribution in [0.25, 0.3) is 11.3 Å². The molecule has 0 spiro atoms. The lowest BCUT2D eigenvalue weighted by Crippen LogP contribution is -2.51. The molecule has 14 heteroatoms. The molecule has 11 nitrogen and oxygen atoms in total. The Morgan fingerprint density at radius 1 is 0.797 bits per heavy atom. The van der Waals surface area contributed by atoms with Gasteiger partial charge >= 0.3 is 12.3 Å². The fraction of sp³-hybridized carbons (Fsp3) is 0.422. The maximum atomic E-state index is 13.9. The van der Waals surface area contributed by atoms with E-state index in [0.29, 0.717) is 47.7 Å². The predicted octanol–water partition coefficient (Wildman–Crippen LogP) is 7.92. The van der Waals surface area contributed by atoms with E-state index in [2.05, 4.69) is 30.3 Å². The second kappa shape index (κ2) is 19.1. The fourth-order valence-electron chi connectivity index (χ4n) is 7.25. The topological polar surface area (TPSA) is 110 Å². The molecule has 1 aromatic heterocycles. The Bertz CT molecular complexity index is 2090. The minimum absolute atomic E-state index is 0.0876. The summed E-state index contributed by atoms with van der Waals surface area (Å²) in [6.07, 6.45) is 0.0725. The average molecular weight is 814 g/mol. The quantitative estimate of drug-likeness (QED) is 0.149. The number of ether oxygens (including phenoxy) is 1. The predicted molar refractivity (Wildman–Crippen MR) is 223 cm³/mol. The molecule has 6 rings (SSSR count). The molecule has 0 radical (unpaired) electrons. The van der Waals surface area contributed by atoms with Crippen LogP contribution in [0.4, 0.5) is 29.3 Å². The van der Waals surface area contributed by atoms with Crippen molar-refractivity contribution >= 4 is 29.3 Å². The second-order valence-corrected chi connectivity index (χ2v) is 16.3. The van der Waals surface area contributed by atoms with Crippen molar-refractivity contribution in [2.24, 2.45) is 0 Å². The number of rotatable bonds is 12. The number of carbonyl (C=O) groups excluding carboxylic acids is 3. The lowest BCUT2D eigenvalue weighted by atomic mass is 10.0. The van der Waals surface area contributed by atoms with Gasteiger partial charge in [-0.2, -0.15) is 13.2 Å². The summed E-state index contributed by atoms with van der Waals surface area (Å²) in [6, 6.07) is 21.4. The number of likely N-dealkylation sites (N-methyl/N-ethyl adjacent to an activating group) is 1. The van der Waals surface area contributed by atoms with Crippen molar-refractivity contribution < 1.29 is 32.3 Å². The molecule has 0 unspecified atom stereocenters. The summed E-state index contributed by atoms with van der Waals surface area (Å²) >= 11 is 0. The van der Waals surface area contributed by atoms with E-state index < -0.39 is 23.2 Å². The smallest absolute Gasteiger partial charge is 0.416 e. The SMILES string of the molecule is CN(CCN1CCN(C(=O)OC(C)(C)C)CC1)Cc1cccc(C(=O)Nc2ccc(N3CCCCC3)cc2-c2cc(C(=O)NCc3cccc(C(F)(F)F)c3)ccn2)c1. The number of piperazine rings is 1. The van der Waals surface area contributed by atoms with Gasteiger partial charge in [-0.15, -0.1) is 0 Å². The van der Waals surface area contributed by atoms with Gasteiger partial charge < -0.3 is 30.1 Å². The van der Waals surface area contributed by atoms with Crippen molar-refractivity contribution in [2.45, 2.75) is 64.9 Å². The van der Waals surface area contributed by atoms with Crippen molar-refractivity contribution in [1.82, 2.24) is 25.0 Å². The van der Waals surface area contributed by atoms with Gasteiger partial charge in [0.25, 0.3) is 11.8 Å². The largest absolute Gasteiger partial charge is 0.444 e. The van der Waals surface area contributed by atoms with Gasteiger partial charge in [0, 0.05) is 94.0 Å². The molecule has 3 aromatic carbocycles. The Hall–Kier alpha value is -5.47. The van der Waals surface area contributed by atoms with E-state index in [1.807, 2.05) is 64.2 Å². The van der Waals surface area contributed by atoms with E-state index in [0.717, 1.165) is 75.5 Å². The number of pyridine rings is 1. The third kappa shape index (κ3) is 12.3. The van der Waals surface area contributed by atoms with E-state index in [-0.39, 0.29) is 24.1 Å². The molecule has 2 aliphatic rings. The van der Waals surface area contributed by atoms with Crippen LogP contribution in [0.15, 0.2) is 85.1 Å². The van der Waals surface area contributed by atoms with E-state index in [4.69, 9.17) is 4.74 Å². The number of nitrogens with zero attached hydrogens (tertiary/aromatic N) is 5. The number of benzene rings is 3. The lowest BCUT2D eigenvalue weighted by Gasteiger charge is -2.36. The van der Waals surface area contributed by atoms with E-state index >= 15 is 0 Å². The van der Waals surface area contributed by atoms with Gasteiger partial charge in [0.2, 0.25) is 0 Å². The summed E-state index contributed by atoms with van der Waals surface area (Å²) in [5.41, 5.74) is 3.40. The van der Waals surface area contributed by atoms with Gasteiger partial charge in [0.15, 0.2) is 0 Å². The standard InChI is InChI=1S/C45H54F3N7O4/c1-44(2,3)59-43(58)55-24-22-53(23-25-55)21-20-52(4)31-33-11-8-12-34(26-33)42(57)51-39-15-14-37(54-18-6-5-7-19-54)29-38(39)40-28-35(16-17-49-40)41(56)50-30-32-10-9-13-36(27-32)45(46,47)48/h8-17,26-29H,5-7,18-25,30-31H2,1-4H3,(H,50,56)(H,51,57).